The maximum atomic E-state index is 6.32. The molecular weight excluding hydrogens is 747 g/mol. The number of fused-ring (bicyclic) bond motifs is 11. The summed E-state index contributed by atoms with van der Waals surface area (Å²) in [5.74, 6) is 1.51. The fourth-order valence-corrected chi connectivity index (χ4v) is 9.51. The van der Waals surface area contributed by atoms with Gasteiger partial charge in [0.15, 0.2) is 6.17 Å². The number of hydrogen-bond acceptors (Lipinski definition) is 4. The second kappa shape index (κ2) is 13.1. The van der Waals surface area contributed by atoms with E-state index in [2.05, 4.69) is 196 Å². The molecule has 1 atom stereocenters. The molecular formula is C55H35N5O. The highest BCUT2D eigenvalue weighted by Crippen LogP contribution is 2.42. The molecule has 1 unspecified atom stereocenters. The van der Waals surface area contributed by atoms with E-state index in [4.69, 9.17) is 14.4 Å². The molecule has 0 aliphatic carbocycles. The molecule has 12 aromatic rings. The van der Waals surface area contributed by atoms with Crippen molar-refractivity contribution in [3.63, 3.8) is 0 Å². The number of furan rings is 1. The molecule has 0 bridgehead atoms. The molecule has 0 spiro atoms. The molecule has 6 nitrogen and oxygen atoms in total. The largest absolute Gasteiger partial charge is 0.456 e. The van der Waals surface area contributed by atoms with E-state index in [0.717, 1.165) is 72.6 Å². The summed E-state index contributed by atoms with van der Waals surface area (Å²) in [7, 11) is 0. The molecule has 0 fully saturated rings. The number of para-hydroxylation sites is 4. The topological polar surface area (TPSA) is 59.8 Å². The van der Waals surface area contributed by atoms with E-state index < -0.39 is 6.17 Å². The van der Waals surface area contributed by atoms with E-state index in [1.807, 2.05) is 18.2 Å². The summed E-state index contributed by atoms with van der Waals surface area (Å²) in [6.07, 6.45) is -0.483. The van der Waals surface area contributed by atoms with E-state index in [1.54, 1.807) is 0 Å². The van der Waals surface area contributed by atoms with Gasteiger partial charge in [-0.2, -0.15) is 0 Å². The van der Waals surface area contributed by atoms with Crippen LogP contribution >= 0.6 is 0 Å². The highest BCUT2D eigenvalue weighted by atomic mass is 16.3. The van der Waals surface area contributed by atoms with Crippen LogP contribution in [0.2, 0.25) is 0 Å². The summed E-state index contributed by atoms with van der Waals surface area (Å²) in [4.78, 5) is 10.6. The normalized spacial score (nSPS) is 14.4. The van der Waals surface area contributed by atoms with E-state index >= 15 is 0 Å². The van der Waals surface area contributed by atoms with Gasteiger partial charge in [0.25, 0.3) is 0 Å². The number of hydrogen-bond donors (Lipinski definition) is 1. The highest BCUT2D eigenvalue weighted by molar-refractivity contribution is 6.24. The van der Waals surface area contributed by atoms with E-state index in [-0.39, 0.29) is 0 Å². The molecule has 0 radical (unpaired) electrons. The van der Waals surface area contributed by atoms with Gasteiger partial charge in [0, 0.05) is 54.8 Å². The number of aromatic nitrogens is 2. The summed E-state index contributed by atoms with van der Waals surface area (Å²) in [6, 6.07) is 71.0. The molecule has 1 N–H and O–H groups in total. The number of rotatable bonds is 5. The molecule has 4 heterocycles. The minimum Gasteiger partial charge on any atom is -0.456 e. The first kappa shape index (κ1) is 33.7. The summed E-state index contributed by atoms with van der Waals surface area (Å²) < 4.78 is 11.2. The minimum atomic E-state index is -0.483. The molecule has 0 amide bonds. The predicted octanol–water partition coefficient (Wildman–Crippen LogP) is 13.4. The summed E-state index contributed by atoms with van der Waals surface area (Å²) in [5, 5.41) is 13.0. The number of nitrogens with one attached hydrogen (secondary N) is 1. The smallest absolute Gasteiger partial charge is 0.169 e. The van der Waals surface area contributed by atoms with Gasteiger partial charge in [-0.05, 0) is 77.0 Å². The van der Waals surface area contributed by atoms with Gasteiger partial charge in [-0.3, -0.25) is 0 Å². The molecule has 6 heteroatoms. The van der Waals surface area contributed by atoms with Gasteiger partial charge in [-0.1, -0.05) is 140 Å². The van der Waals surface area contributed by atoms with Gasteiger partial charge in [0.1, 0.15) is 22.8 Å². The van der Waals surface area contributed by atoms with Crippen LogP contribution in [-0.2, 0) is 0 Å². The van der Waals surface area contributed by atoms with Crippen LogP contribution in [0.1, 0.15) is 22.9 Å². The van der Waals surface area contributed by atoms with Crippen LogP contribution in [0.15, 0.2) is 215 Å². The molecule has 0 saturated heterocycles. The molecule has 61 heavy (non-hydrogen) atoms. The van der Waals surface area contributed by atoms with Gasteiger partial charge in [0.2, 0.25) is 0 Å². The van der Waals surface area contributed by atoms with Crippen molar-refractivity contribution in [3.8, 4) is 11.4 Å². The van der Waals surface area contributed by atoms with Gasteiger partial charge in [0.05, 0.1) is 22.1 Å². The Morgan fingerprint density at radius 3 is 1.62 bits per heavy atom. The average Bonchev–Trinajstić information content (AvgIpc) is 3.99. The third kappa shape index (κ3) is 5.22. The lowest BCUT2D eigenvalue weighted by atomic mass is 10.0. The Kier molecular flexibility index (Phi) is 7.27. The number of amidine groups is 2. The lowest BCUT2D eigenvalue weighted by Crippen LogP contribution is -2.36. The summed E-state index contributed by atoms with van der Waals surface area (Å²) in [6.45, 7) is 0. The standard InChI is InChI=1S/C55H35N5O/c1-2-14-39(15-3-1)59-47-19-9-6-16-41(47)45-30-31-46-42-17-7-10-20-48(42)60(52(46)51(45)59)40-27-24-35(25-28-40)53-56-54(37-23-22-34-12-4-5-13-36(34)32-37)58-55(57-53)38-26-29-44-43-18-8-11-21-49(43)61-50(44)33-38/h1-33,53H,(H,56,57,58). The third-order valence-electron chi connectivity index (χ3n) is 12.3. The van der Waals surface area contributed by atoms with E-state index in [0.29, 0.717) is 0 Å². The fourth-order valence-electron chi connectivity index (χ4n) is 9.51. The first-order chi connectivity index (χ1) is 30.2. The van der Waals surface area contributed by atoms with Crippen molar-refractivity contribution in [1.82, 2.24) is 14.5 Å². The Morgan fingerprint density at radius 2 is 0.918 bits per heavy atom. The van der Waals surface area contributed by atoms with Crippen LogP contribution in [0.5, 0.6) is 0 Å². The van der Waals surface area contributed by atoms with Crippen molar-refractivity contribution in [2.75, 3.05) is 0 Å². The monoisotopic (exact) mass is 781 g/mol. The zero-order valence-electron chi connectivity index (χ0n) is 32.8. The van der Waals surface area contributed by atoms with Crippen molar-refractivity contribution < 1.29 is 4.42 Å². The molecule has 286 valence electrons. The first-order valence-electron chi connectivity index (χ1n) is 20.7. The second-order valence-corrected chi connectivity index (χ2v) is 15.8. The molecule has 13 rings (SSSR count). The van der Waals surface area contributed by atoms with Crippen LogP contribution in [0.3, 0.4) is 0 Å². The lowest BCUT2D eigenvalue weighted by molar-refractivity contribution is 0.668. The fraction of sp³-hybridized carbons (Fsp3) is 0.0182. The maximum absolute atomic E-state index is 6.32. The van der Waals surface area contributed by atoms with E-state index in [1.165, 1.54) is 43.5 Å². The molecule has 9 aromatic carbocycles. The Morgan fingerprint density at radius 1 is 0.393 bits per heavy atom. The Labute approximate surface area is 349 Å². The summed E-state index contributed by atoms with van der Waals surface area (Å²) in [5.41, 5.74) is 11.5. The zero-order valence-corrected chi connectivity index (χ0v) is 32.8. The molecule has 0 saturated carbocycles. The first-order valence-corrected chi connectivity index (χ1v) is 20.7. The van der Waals surface area contributed by atoms with Gasteiger partial charge < -0.3 is 18.9 Å². The minimum absolute atomic E-state index is 0.483. The molecule has 3 aromatic heterocycles. The zero-order chi connectivity index (χ0) is 40.0. The van der Waals surface area contributed by atoms with Crippen molar-refractivity contribution in [2.45, 2.75) is 6.17 Å². The average molecular weight is 782 g/mol. The second-order valence-electron chi connectivity index (χ2n) is 15.8. The Hall–Kier alpha value is -8.22. The van der Waals surface area contributed by atoms with Gasteiger partial charge >= 0.3 is 0 Å². The lowest BCUT2D eigenvalue weighted by Gasteiger charge is -2.23. The number of aliphatic imine (C=N–C) groups is 2. The van der Waals surface area contributed by atoms with Crippen LogP contribution in [-0.4, -0.2) is 20.8 Å². The van der Waals surface area contributed by atoms with Gasteiger partial charge in [-0.15, -0.1) is 0 Å². The predicted molar refractivity (Wildman–Crippen MR) is 252 cm³/mol. The summed E-state index contributed by atoms with van der Waals surface area (Å²) >= 11 is 0. The number of nitrogens with zero attached hydrogens (tertiary/aromatic N) is 4. The van der Waals surface area contributed by atoms with Crippen molar-refractivity contribution in [3.05, 3.63) is 217 Å². The van der Waals surface area contributed by atoms with Crippen LogP contribution in [0.4, 0.5) is 0 Å². The quantitative estimate of drug-likeness (QED) is 0.189. The van der Waals surface area contributed by atoms with Crippen molar-refractivity contribution in [2.24, 2.45) is 9.98 Å². The Bertz CT molecular complexity index is 3790. The maximum Gasteiger partial charge on any atom is 0.169 e. The van der Waals surface area contributed by atoms with Crippen LogP contribution in [0.25, 0.3) is 87.7 Å². The van der Waals surface area contributed by atoms with E-state index in [9.17, 15) is 0 Å². The molecule has 1 aliphatic rings. The highest BCUT2D eigenvalue weighted by Gasteiger charge is 2.24. The van der Waals surface area contributed by atoms with Gasteiger partial charge in [-0.25, -0.2) is 9.98 Å². The number of benzene rings is 9. The van der Waals surface area contributed by atoms with Crippen molar-refractivity contribution >= 4 is 88.0 Å². The van der Waals surface area contributed by atoms with Crippen LogP contribution < -0.4 is 5.32 Å². The van der Waals surface area contributed by atoms with Crippen LogP contribution in [0, 0.1) is 0 Å². The van der Waals surface area contributed by atoms with Crippen molar-refractivity contribution in [1.29, 1.82) is 0 Å². The SMILES string of the molecule is c1ccc(-n2c3ccccc3c3ccc4c5ccccc5n(-c5ccc(C6N=C(c7ccc8ccccc8c7)NC(c7ccc8c(c7)oc7ccccc78)=N6)cc5)c4c32)cc1. The molecule has 1 aliphatic heterocycles. The third-order valence-corrected chi connectivity index (χ3v) is 12.3. The Balaban J connectivity index is 0.985.